The minimum atomic E-state index is -0.113. The molecule has 1 N–H and O–H groups in total. The third-order valence-corrected chi connectivity index (χ3v) is 4.11. The first-order chi connectivity index (χ1) is 11.2. The number of ether oxygens (including phenoxy) is 1. The van der Waals surface area contributed by atoms with Gasteiger partial charge in [-0.25, -0.2) is 0 Å². The molecule has 5 heteroatoms. The molecule has 3 rings (SSSR count). The molecule has 1 aliphatic rings. The number of hydrogen-bond acceptors (Lipinski definition) is 4. The number of aryl methyl sites for hydroxylation is 1. The molecule has 2 heterocycles. The maximum Gasteiger partial charge on any atom is 0.255 e. The molecule has 1 saturated heterocycles. The van der Waals surface area contributed by atoms with Gasteiger partial charge in [-0.05, 0) is 18.6 Å². The zero-order valence-electron chi connectivity index (χ0n) is 13.3. The maximum atomic E-state index is 12.4. The van der Waals surface area contributed by atoms with Crippen LogP contribution in [0, 0.1) is 6.92 Å². The number of carbonyl (C=O) groups is 1. The molecule has 0 bridgehead atoms. The molecule has 1 fully saturated rings. The van der Waals surface area contributed by atoms with Crippen molar-refractivity contribution in [2.45, 2.75) is 13.0 Å². The number of benzene rings is 1. The number of carbonyl (C=O) groups excluding carboxylic acids is 1. The highest BCUT2D eigenvalue weighted by atomic mass is 16.5. The van der Waals surface area contributed by atoms with E-state index in [1.165, 1.54) is 18.1 Å². The molecule has 0 radical (unpaired) electrons. The van der Waals surface area contributed by atoms with E-state index in [9.17, 15) is 4.79 Å². The Hall–Kier alpha value is -2.11. The standard InChI is InChI=1S/C18H22N2O3/c1-14-2-4-15(5-3-14)17(12-20-7-10-22-11-8-20)19-18(21)16-6-9-23-13-16/h2-6,9,13,17H,7-8,10-12H2,1H3,(H,19,21)/t17-/m1/s1. The van der Waals surface area contributed by atoms with Crippen LogP contribution in [0.5, 0.6) is 0 Å². The molecule has 23 heavy (non-hydrogen) atoms. The van der Waals surface area contributed by atoms with Crippen LogP contribution in [0.25, 0.3) is 0 Å². The summed E-state index contributed by atoms with van der Waals surface area (Å²) in [6.07, 6.45) is 2.98. The van der Waals surface area contributed by atoms with Crippen molar-refractivity contribution in [1.82, 2.24) is 10.2 Å². The number of morpholine rings is 1. The van der Waals surface area contributed by atoms with Gasteiger partial charge < -0.3 is 14.5 Å². The first-order valence-corrected chi connectivity index (χ1v) is 7.92. The fourth-order valence-electron chi connectivity index (χ4n) is 2.71. The molecule has 1 aliphatic heterocycles. The van der Waals surface area contributed by atoms with E-state index in [-0.39, 0.29) is 11.9 Å². The number of rotatable bonds is 5. The molecular weight excluding hydrogens is 292 g/mol. The lowest BCUT2D eigenvalue weighted by atomic mass is 10.0. The zero-order chi connectivity index (χ0) is 16.1. The van der Waals surface area contributed by atoms with Gasteiger partial charge in [0.15, 0.2) is 0 Å². The Bertz CT molecular complexity index is 616. The van der Waals surface area contributed by atoms with Gasteiger partial charge in [0.2, 0.25) is 0 Å². The Morgan fingerprint density at radius 3 is 2.61 bits per heavy atom. The lowest BCUT2D eigenvalue weighted by Gasteiger charge is -2.31. The van der Waals surface area contributed by atoms with E-state index in [1.54, 1.807) is 6.07 Å². The molecule has 0 aliphatic carbocycles. The van der Waals surface area contributed by atoms with Gasteiger partial charge in [0.05, 0.1) is 31.1 Å². The fourth-order valence-corrected chi connectivity index (χ4v) is 2.71. The van der Waals surface area contributed by atoms with Crippen LogP contribution in [0.2, 0.25) is 0 Å². The van der Waals surface area contributed by atoms with E-state index < -0.39 is 0 Å². The summed E-state index contributed by atoms with van der Waals surface area (Å²) < 4.78 is 10.4. The highest BCUT2D eigenvalue weighted by Gasteiger charge is 2.21. The summed E-state index contributed by atoms with van der Waals surface area (Å²) in [5, 5.41) is 3.12. The SMILES string of the molecule is Cc1ccc([C@@H](CN2CCOCC2)NC(=O)c2ccoc2)cc1. The second kappa shape index (κ2) is 7.44. The summed E-state index contributed by atoms with van der Waals surface area (Å²) in [7, 11) is 0. The highest BCUT2D eigenvalue weighted by molar-refractivity contribution is 5.94. The van der Waals surface area contributed by atoms with E-state index in [0.717, 1.165) is 38.4 Å². The molecule has 1 atom stereocenters. The first-order valence-electron chi connectivity index (χ1n) is 7.92. The van der Waals surface area contributed by atoms with Gasteiger partial charge in [0.25, 0.3) is 5.91 Å². The van der Waals surface area contributed by atoms with Gasteiger partial charge in [0.1, 0.15) is 6.26 Å². The summed E-state index contributed by atoms with van der Waals surface area (Å²) in [4.78, 5) is 14.7. The van der Waals surface area contributed by atoms with E-state index >= 15 is 0 Å². The van der Waals surface area contributed by atoms with Crippen molar-refractivity contribution in [2.24, 2.45) is 0 Å². The Balaban J connectivity index is 1.74. The van der Waals surface area contributed by atoms with Crippen LogP contribution in [-0.2, 0) is 4.74 Å². The van der Waals surface area contributed by atoms with Gasteiger partial charge in [-0.1, -0.05) is 29.8 Å². The number of nitrogens with zero attached hydrogens (tertiary/aromatic N) is 1. The van der Waals surface area contributed by atoms with Crippen LogP contribution >= 0.6 is 0 Å². The van der Waals surface area contributed by atoms with Crippen LogP contribution in [0.15, 0.2) is 47.3 Å². The molecule has 1 aromatic carbocycles. The molecular formula is C18H22N2O3. The molecule has 0 unspecified atom stereocenters. The van der Waals surface area contributed by atoms with Crippen LogP contribution in [0.1, 0.15) is 27.5 Å². The summed E-state index contributed by atoms with van der Waals surface area (Å²) in [5.41, 5.74) is 2.86. The van der Waals surface area contributed by atoms with Crippen molar-refractivity contribution >= 4 is 5.91 Å². The predicted octanol–water partition coefficient (Wildman–Crippen LogP) is 2.39. The number of nitrogens with one attached hydrogen (secondary N) is 1. The average molecular weight is 314 g/mol. The lowest BCUT2D eigenvalue weighted by Crippen LogP contribution is -2.43. The van der Waals surface area contributed by atoms with E-state index in [1.807, 2.05) is 0 Å². The van der Waals surface area contributed by atoms with Crippen molar-refractivity contribution < 1.29 is 13.9 Å². The topological polar surface area (TPSA) is 54.7 Å². The summed E-state index contributed by atoms with van der Waals surface area (Å²) >= 11 is 0. The molecule has 2 aromatic rings. The minimum Gasteiger partial charge on any atom is -0.472 e. The Morgan fingerprint density at radius 2 is 1.96 bits per heavy atom. The number of hydrogen-bond donors (Lipinski definition) is 1. The van der Waals surface area contributed by atoms with Crippen molar-refractivity contribution in [3.05, 3.63) is 59.5 Å². The second-order valence-corrected chi connectivity index (χ2v) is 5.86. The third kappa shape index (κ3) is 4.21. The molecule has 5 nitrogen and oxygen atoms in total. The Labute approximate surface area is 136 Å². The van der Waals surface area contributed by atoms with Gasteiger partial charge in [-0.15, -0.1) is 0 Å². The van der Waals surface area contributed by atoms with Crippen molar-refractivity contribution in [2.75, 3.05) is 32.8 Å². The maximum absolute atomic E-state index is 12.4. The van der Waals surface area contributed by atoms with E-state index in [0.29, 0.717) is 5.56 Å². The fraction of sp³-hybridized carbons (Fsp3) is 0.389. The smallest absolute Gasteiger partial charge is 0.255 e. The van der Waals surface area contributed by atoms with Crippen LogP contribution < -0.4 is 5.32 Å². The van der Waals surface area contributed by atoms with Crippen molar-refractivity contribution in [1.29, 1.82) is 0 Å². The summed E-state index contributed by atoms with van der Waals surface area (Å²) in [5.74, 6) is -0.113. The van der Waals surface area contributed by atoms with E-state index in [4.69, 9.17) is 9.15 Å². The lowest BCUT2D eigenvalue weighted by molar-refractivity contribution is 0.0332. The second-order valence-electron chi connectivity index (χ2n) is 5.86. The minimum absolute atomic E-state index is 0.0592. The van der Waals surface area contributed by atoms with Gasteiger partial charge in [-0.3, -0.25) is 9.69 Å². The molecule has 0 saturated carbocycles. The summed E-state index contributed by atoms with van der Waals surface area (Å²) in [6.45, 7) is 6.11. The Morgan fingerprint density at radius 1 is 1.22 bits per heavy atom. The van der Waals surface area contributed by atoms with Crippen LogP contribution in [0.3, 0.4) is 0 Å². The van der Waals surface area contributed by atoms with Gasteiger partial charge >= 0.3 is 0 Å². The first kappa shape index (κ1) is 15.8. The van der Waals surface area contributed by atoms with Crippen LogP contribution in [-0.4, -0.2) is 43.7 Å². The van der Waals surface area contributed by atoms with Gasteiger partial charge in [0, 0.05) is 19.6 Å². The monoisotopic (exact) mass is 314 g/mol. The van der Waals surface area contributed by atoms with Gasteiger partial charge in [-0.2, -0.15) is 0 Å². The zero-order valence-corrected chi connectivity index (χ0v) is 13.3. The summed E-state index contributed by atoms with van der Waals surface area (Å²) in [6, 6.07) is 9.93. The van der Waals surface area contributed by atoms with Crippen LogP contribution in [0.4, 0.5) is 0 Å². The van der Waals surface area contributed by atoms with E-state index in [2.05, 4.69) is 41.4 Å². The van der Waals surface area contributed by atoms with Crippen molar-refractivity contribution in [3.8, 4) is 0 Å². The van der Waals surface area contributed by atoms with Crippen molar-refractivity contribution in [3.63, 3.8) is 0 Å². The molecule has 0 spiro atoms. The molecule has 1 aromatic heterocycles. The number of amides is 1. The molecule has 122 valence electrons. The largest absolute Gasteiger partial charge is 0.472 e. The molecule has 1 amide bonds. The highest BCUT2D eigenvalue weighted by Crippen LogP contribution is 2.17. The quantitative estimate of drug-likeness (QED) is 0.921. The normalized spacial score (nSPS) is 16.9. The Kier molecular flexibility index (Phi) is 5.10. The average Bonchev–Trinajstić information content (AvgIpc) is 3.10. The predicted molar refractivity (Wildman–Crippen MR) is 87.4 cm³/mol. The number of furan rings is 1. The third-order valence-electron chi connectivity index (χ3n) is 4.11.